The minimum atomic E-state index is -4.93. The molecule has 0 aromatic carbocycles. The van der Waals surface area contributed by atoms with Crippen molar-refractivity contribution in [2.45, 2.75) is 63.8 Å². The van der Waals surface area contributed by atoms with Gasteiger partial charge in [-0.2, -0.15) is 0 Å². The molecule has 3 saturated carbocycles. The molecule has 36 heavy (non-hydrogen) atoms. The SMILES string of the molecule is C[C@H]1C[C@H]2[C@@H]3CCC4=CC(=O)C=C[C@]4(C)[C@@]3(F)[C@@H](O)C[C@]2(C)[C@@]1(O)C(=O)COP(=O)(O)O.Cl.[Ca+2].[H-].[H-].[H-].[H-].[Na+].[Na+]. The molecule has 4 aliphatic rings. The van der Waals surface area contributed by atoms with Crippen LogP contribution in [0.1, 0.15) is 52.2 Å². The maximum atomic E-state index is 17.0. The van der Waals surface area contributed by atoms with Gasteiger partial charge in [-0.15, -0.1) is 12.4 Å². The van der Waals surface area contributed by atoms with Crippen molar-refractivity contribution in [2.75, 3.05) is 6.61 Å². The minimum Gasteiger partial charge on any atom is -1.00 e. The number of fused-ring (bicyclic) bond motifs is 5. The molecule has 8 nitrogen and oxygen atoms in total. The number of carbonyl (C=O) groups is 2. The van der Waals surface area contributed by atoms with Crippen molar-refractivity contribution in [1.82, 2.24) is 0 Å². The first-order valence-corrected chi connectivity index (χ1v) is 12.4. The monoisotopic (exact) mass is 598 g/mol. The summed E-state index contributed by atoms with van der Waals surface area (Å²) in [5, 5.41) is 22.8. The van der Waals surface area contributed by atoms with Crippen molar-refractivity contribution < 1.29 is 108 Å². The Labute approximate surface area is 296 Å². The van der Waals surface area contributed by atoms with E-state index in [1.807, 2.05) is 0 Å². The summed E-state index contributed by atoms with van der Waals surface area (Å²) in [5.41, 5.74) is -5.88. The summed E-state index contributed by atoms with van der Waals surface area (Å²) in [5.74, 6) is -2.87. The Morgan fingerprint density at radius 3 is 2.42 bits per heavy atom. The van der Waals surface area contributed by atoms with E-state index in [0.29, 0.717) is 24.8 Å². The number of allylic oxidation sites excluding steroid dienone is 4. The second-order valence-electron chi connectivity index (χ2n) is 10.4. The zero-order chi connectivity index (χ0) is 23.9. The Morgan fingerprint density at radius 1 is 1.28 bits per heavy atom. The van der Waals surface area contributed by atoms with Gasteiger partial charge in [-0.1, -0.05) is 25.5 Å². The molecular formula is C22H35CaClFNa2O8P. The summed E-state index contributed by atoms with van der Waals surface area (Å²) in [6, 6.07) is 0. The first-order chi connectivity index (χ1) is 14.6. The van der Waals surface area contributed by atoms with Crippen LogP contribution in [0.15, 0.2) is 23.8 Å². The molecule has 0 radical (unpaired) electrons. The quantitative estimate of drug-likeness (QED) is 0.193. The van der Waals surface area contributed by atoms with Crippen molar-refractivity contribution in [1.29, 1.82) is 0 Å². The fourth-order valence-corrected chi connectivity index (χ4v) is 7.68. The molecule has 0 spiro atoms. The number of hydrogen-bond acceptors (Lipinski definition) is 6. The van der Waals surface area contributed by atoms with Crippen LogP contribution in [0.4, 0.5) is 4.39 Å². The molecule has 8 atom stereocenters. The van der Waals surface area contributed by atoms with Gasteiger partial charge < -0.3 is 25.7 Å². The van der Waals surface area contributed by atoms with Crippen LogP contribution in [-0.4, -0.2) is 93.3 Å². The Balaban J connectivity index is -0.000000510. The molecule has 194 valence electrons. The Kier molecular flexibility index (Phi) is 13.5. The minimum absolute atomic E-state index is 0. The van der Waals surface area contributed by atoms with Crippen molar-refractivity contribution in [3.05, 3.63) is 23.8 Å². The first-order valence-electron chi connectivity index (χ1n) is 10.9. The molecule has 14 heteroatoms. The maximum Gasteiger partial charge on any atom is 2.00 e. The molecule has 0 aromatic rings. The van der Waals surface area contributed by atoms with E-state index < -0.39 is 66.2 Å². The maximum absolute atomic E-state index is 17.0. The van der Waals surface area contributed by atoms with Crippen molar-refractivity contribution >= 4 is 69.5 Å². The van der Waals surface area contributed by atoms with Gasteiger partial charge in [0.2, 0.25) is 0 Å². The van der Waals surface area contributed by atoms with E-state index in [2.05, 4.69) is 4.52 Å². The topological polar surface area (TPSA) is 141 Å². The average Bonchev–Trinajstić information content (AvgIpc) is 2.89. The van der Waals surface area contributed by atoms with E-state index in [-0.39, 0.29) is 127 Å². The third kappa shape index (κ3) is 5.56. The van der Waals surface area contributed by atoms with E-state index >= 15 is 4.39 Å². The van der Waals surface area contributed by atoms with Gasteiger partial charge in [-0.05, 0) is 56.6 Å². The molecule has 0 saturated heterocycles. The van der Waals surface area contributed by atoms with Gasteiger partial charge in [0.1, 0.15) is 12.2 Å². The number of rotatable bonds is 4. The number of aliphatic hydroxyl groups is 2. The van der Waals surface area contributed by atoms with Gasteiger partial charge in [0.05, 0.1) is 6.10 Å². The number of aliphatic hydroxyl groups excluding tert-OH is 1. The average molecular weight is 599 g/mol. The molecule has 0 aliphatic heterocycles. The van der Waals surface area contributed by atoms with Crippen molar-refractivity contribution in [2.24, 2.45) is 28.6 Å². The van der Waals surface area contributed by atoms with Crippen LogP contribution < -0.4 is 59.1 Å². The number of hydrogen-bond donors (Lipinski definition) is 4. The number of phosphoric ester groups is 1. The van der Waals surface area contributed by atoms with Crippen LogP contribution in [0, 0.1) is 28.6 Å². The Morgan fingerprint density at radius 2 is 1.86 bits per heavy atom. The van der Waals surface area contributed by atoms with Gasteiger partial charge in [0.15, 0.2) is 17.2 Å². The smallest absolute Gasteiger partial charge is 1.00 e. The largest absolute Gasteiger partial charge is 2.00 e. The van der Waals surface area contributed by atoms with E-state index in [9.17, 15) is 24.4 Å². The predicted octanol–water partition coefficient (Wildman–Crippen LogP) is -3.49. The third-order valence-electron chi connectivity index (χ3n) is 9.01. The number of Topliss-reactive ketones (excluding diaryl/α,β-unsaturated/α-hetero) is 1. The van der Waals surface area contributed by atoms with Crippen LogP contribution in [-0.2, 0) is 18.7 Å². The van der Waals surface area contributed by atoms with E-state index in [1.54, 1.807) is 20.8 Å². The summed E-state index contributed by atoms with van der Waals surface area (Å²) in [6.45, 7) is 4.00. The number of ketones is 2. The fraction of sp³-hybridized carbons (Fsp3) is 0.727. The van der Waals surface area contributed by atoms with Crippen LogP contribution in [0.3, 0.4) is 0 Å². The third-order valence-corrected chi connectivity index (χ3v) is 9.48. The van der Waals surface area contributed by atoms with Crippen LogP contribution in [0.2, 0.25) is 0 Å². The van der Waals surface area contributed by atoms with E-state index in [0.717, 1.165) is 0 Å². The summed E-state index contributed by atoms with van der Waals surface area (Å²) >= 11 is 0. The zero-order valence-electron chi connectivity index (χ0n) is 25.4. The van der Waals surface area contributed by atoms with Crippen molar-refractivity contribution in [3.63, 3.8) is 0 Å². The summed E-state index contributed by atoms with van der Waals surface area (Å²) < 4.78 is 32.5. The number of carbonyl (C=O) groups excluding carboxylic acids is 2. The summed E-state index contributed by atoms with van der Waals surface area (Å²) in [7, 11) is -4.93. The second-order valence-corrected chi connectivity index (χ2v) is 11.6. The predicted molar refractivity (Wildman–Crippen MR) is 128 cm³/mol. The molecule has 0 heterocycles. The number of alkyl halides is 1. The normalized spacial score (nSPS) is 42.7. The van der Waals surface area contributed by atoms with E-state index in [4.69, 9.17) is 9.79 Å². The van der Waals surface area contributed by atoms with Gasteiger partial charge >= 0.3 is 105 Å². The number of halogens is 2. The Hall–Kier alpha value is 2.33. The fourth-order valence-electron chi connectivity index (χ4n) is 7.39. The molecule has 0 unspecified atom stereocenters. The zero-order valence-corrected chi connectivity index (χ0v) is 29.4. The molecule has 4 N–H and O–H groups in total. The van der Waals surface area contributed by atoms with Crippen LogP contribution >= 0.6 is 20.2 Å². The van der Waals surface area contributed by atoms with Gasteiger partial charge in [0, 0.05) is 16.7 Å². The van der Waals surface area contributed by atoms with Gasteiger partial charge in [-0.3, -0.25) is 14.1 Å². The molecule has 0 amide bonds. The van der Waals surface area contributed by atoms with Crippen molar-refractivity contribution in [3.8, 4) is 0 Å². The molecule has 4 aliphatic carbocycles. The van der Waals surface area contributed by atoms with E-state index in [1.165, 1.54) is 18.2 Å². The van der Waals surface area contributed by atoms with Crippen LogP contribution in [0.5, 0.6) is 0 Å². The molecule has 4 rings (SSSR count). The molecule has 0 aromatic heterocycles. The summed E-state index contributed by atoms with van der Waals surface area (Å²) in [4.78, 5) is 42.8. The molecule has 3 fully saturated rings. The van der Waals surface area contributed by atoms with Gasteiger partial charge in [-0.25, -0.2) is 8.96 Å². The molecular weight excluding hydrogens is 564 g/mol. The Bertz CT molecular complexity index is 1020. The van der Waals surface area contributed by atoms with Gasteiger partial charge in [0.25, 0.3) is 0 Å². The first kappa shape index (κ1) is 38.3. The molecule has 0 bridgehead atoms. The summed E-state index contributed by atoms with van der Waals surface area (Å²) in [6.07, 6.45) is 3.70. The second kappa shape index (κ2) is 12.7. The van der Waals surface area contributed by atoms with Crippen LogP contribution in [0.25, 0.3) is 0 Å². The standard InChI is InChI=1S/C22H30FO8P.Ca.ClH.2Na.4H/c1-12-8-16-15-5-4-13-9-14(24)6-7-19(13,2)21(15,23)17(25)10-20(16,3)22(12,27)18(26)11-31-32(28,29)30;;;;;;;;/h6-7,9,12,15-17,25,27H,4-5,8,10-11H2,1-3H3,(H2,28,29,30);;1H;;;;;;/q;+2;;2*+1;4*-1/t12-,15-,16-,17-,19-,20-,21-,22-;;;;;;;;/m0......../s1. The number of phosphoric acid groups is 1.